The summed E-state index contributed by atoms with van der Waals surface area (Å²) in [6, 6.07) is 0. The zero-order valence-electron chi connectivity index (χ0n) is 8.28. The molecule has 0 aliphatic heterocycles. The number of ether oxygens (including phenoxy) is 2. The van der Waals surface area contributed by atoms with Crippen LogP contribution in [0.5, 0.6) is 0 Å². The molecule has 0 saturated carbocycles. The molecule has 5 heteroatoms. The molecule has 0 radical (unpaired) electrons. The van der Waals surface area contributed by atoms with Crippen molar-refractivity contribution in [3.63, 3.8) is 0 Å². The molecule has 0 bridgehead atoms. The van der Waals surface area contributed by atoms with Crippen LogP contribution < -0.4 is 0 Å². The Kier molecular flexibility index (Phi) is 5.82. The summed E-state index contributed by atoms with van der Waals surface area (Å²) >= 11 is 3.34. The Morgan fingerprint density at radius 2 is 2.29 bits per heavy atom. The summed E-state index contributed by atoms with van der Waals surface area (Å²) in [5.41, 5.74) is 0. The molecule has 4 nitrogen and oxygen atoms in total. The molecule has 0 aliphatic carbocycles. The van der Waals surface area contributed by atoms with Gasteiger partial charge < -0.3 is 9.47 Å². The van der Waals surface area contributed by atoms with Gasteiger partial charge in [0.1, 0.15) is 0 Å². The number of halogens is 1. The highest BCUT2D eigenvalue weighted by atomic mass is 79.9. The maximum Gasteiger partial charge on any atom is 0.0700 e. The Hall–Kier alpha value is -0.390. The van der Waals surface area contributed by atoms with Crippen LogP contribution in [-0.4, -0.2) is 36.7 Å². The average molecular weight is 263 g/mol. The van der Waals surface area contributed by atoms with Gasteiger partial charge in [0.25, 0.3) is 0 Å². The van der Waals surface area contributed by atoms with Gasteiger partial charge >= 0.3 is 0 Å². The van der Waals surface area contributed by atoms with E-state index in [0.717, 1.165) is 24.0 Å². The topological polar surface area (TPSA) is 36.3 Å². The molecule has 1 aromatic rings. The minimum absolute atomic E-state index is 0.660. The fourth-order valence-electron chi connectivity index (χ4n) is 1.03. The molecule has 0 aromatic carbocycles. The predicted octanol–water partition coefficient (Wildman–Crippen LogP) is 1.70. The van der Waals surface area contributed by atoms with Crippen molar-refractivity contribution in [1.82, 2.24) is 9.78 Å². The maximum atomic E-state index is 5.32. The highest BCUT2D eigenvalue weighted by Crippen LogP contribution is 2.06. The van der Waals surface area contributed by atoms with Crippen molar-refractivity contribution in [2.75, 3.05) is 26.9 Å². The van der Waals surface area contributed by atoms with Crippen LogP contribution in [0.4, 0.5) is 0 Å². The number of rotatable bonds is 7. The quantitative estimate of drug-likeness (QED) is 0.702. The monoisotopic (exact) mass is 262 g/mol. The SMILES string of the molecule is COCCOCCCn1cc(Br)cn1. The van der Waals surface area contributed by atoms with Gasteiger partial charge in [-0.2, -0.15) is 5.10 Å². The van der Waals surface area contributed by atoms with E-state index in [0.29, 0.717) is 13.2 Å². The predicted molar refractivity (Wildman–Crippen MR) is 57.2 cm³/mol. The van der Waals surface area contributed by atoms with Crippen molar-refractivity contribution < 1.29 is 9.47 Å². The molecule has 0 spiro atoms. The molecule has 1 rings (SSSR count). The third kappa shape index (κ3) is 4.74. The first-order valence-corrected chi connectivity index (χ1v) is 5.37. The fourth-order valence-corrected chi connectivity index (χ4v) is 1.36. The second-order valence-electron chi connectivity index (χ2n) is 2.88. The summed E-state index contributed by atoms with van der Waals surface area (Å²) in [6.45, 7) is 2.96. The fraction of sp³-hybridized carbons (Fsp3) is 0.667. The molecule has 0 unspecified atom stereocenters. The molecule has 1 aromatic heterocycles. The van der Waals surface area contributed by atoms with Crippen LogP contribution in [0.1, 0.15) is 6.42 Å². The first-order valence-electron chi connectivity index (χ1n) is 4.57. The Balaban J connectivity index is 1.99. The molecule has 0 saturated heterocycles. The minimum Gasteiger partial charge on any atom is -0.382 e. The van der Waals surface area contributed by atoms with Gasteiger partial charge in [0, 0.05) is 26.5 Å². The van der Waals surface area contributed by atoms with E-state index in [1.54, 1.807) is 13.3 Å². The van der Waals surface area contributed by atoms with Crippen LogP contribution in [0.25, 0.3) is 0 Å². The maximum absolute atomic E-state index is 5.32. The highest BCUT2D eigenvalue weighted by molar-refractivity contribution is 9.10. The minimum atomic E-state index is 0.660. The lowest BCUT2D eigenvalue weighted by Gasteiger charge is -2.03. The van der Waals surface area contributed by atoms with Gasteiger partial charge in [-0.3, -0.25) is 4.68 Å². The zero-order chi connectivity index (χ0) is 10.2. The van der Waals surface area contributed by atoms with Gasteiger partial charge in [-0.05, 0) is 22.4 Å². The summed E-state index contributed by atoms with van der Waals surface area (Å²) < 4.78 is 13.1. The van der Waals surface area contributed by atoms with E-state index in [-0.39, 0.29) is 0 Å². The van der Waals surface area contributed by atoms with Gasteiger partial charge in [-0.25, -0.2) is 0 Å². The number of methoxy groups -OCH3 is 1. The Bertz CT molecular complexity index is 253. The van der Waals surface area contributed by atoms with Gasteiger partial charge in [0.2, 0.25) is 0 Å². The number of nitrogens with zero attached hydrogens (tertiary/aromatic N) is 2. The Morgan fingerprint density at radius 1 is 1.43 bits per heavy atom. The van der Waals surface area contributed by atoms with Gasteiger partial charge in [0.15, 0.2) is 0 Å². The Labute approximate surface area is 92.3 Å². The zero-order valence-corrected chi connectivity index (χ0v) is 9.87. The summed E-state index contributed by atoms with van der Waals surface area (Å²) in [5.74, 6) is 0. The van der Waals surface area contributed by atoms with Crippen molar-refractivity contribution in [3.8, 4) is 0 Å². The largest absolute Gasteiger partial charge is 0.382 e. The van der Waals surface area contributed by atoms with E-state index in [2.05, 4.69) is 21.0 Å². The number of hydrogen-bond donors (Lipinski definition) is 0. The van der Waals surface area contributed by atoms with Crippen LogP contribution in [0.2, 0.25) is 0 Å². The van der Waals surface area contributed by atoms with E-state index < -0.39 is 0 Å². The normalized spacial score (nSPS) is 10.7. The van der Waals surface area contributed by atoms with Crippen LogP contribution in [0.15, 0.2) is 16.9 Å². The highest BCUT2D eigenvalue weighted by Gasteiger charge is 1.94. The van der Waals surface area contributed by atoms with Crippen molar-refractivity contribution in [2.24, 2.45) is 0 Å². The lowest BCUT2D eigenvalue weighted by Crippen LogP contribution is -2.06. The standard InChI is InChI=1S/C9H15BrN2O2/c1-13-5-6-14-4-2-3-12-8-9(10)7-11-12/h7-8H,2-6H2,1H3. The first-order chi connectivity index (χ1) is 6.83. The molecule has 0 N–H and O–H groups in total. The molecule has 1 heterocycles. The van der Waals surface area contributed by atoms with Crippen LogP contribution >= 0.6 is 15.9 Å². The van der Waals surface area contributed by atoms with E-state index in [4.69, 9.17) is 9.47 Å². The van der Waals surface area contributed by atoms with E-state index in [1.165, 1.54) is 0 Å². The number of aryl methyl sites for hydroxylation is 1. The Morgan fingerprint density at radius 3 is 2.93 bits per heavy atom. The second-order valence-corrected chi connectivity index (χ2v) is 3.80. The van der Waals surface area contributed by atoms with Crippen LogP contribution in [0, 0.1) is 0 Å². The van der Waals surface area contributed by atoms with Gasteiger partial charge in [0.05, 0.1) is 23.9 Å². The third-order valence-corrected chi connectivity index (χ3v) is 2.12. The molecule has 0 aliphatic rings. The molecule has 80 valence electrons. The van der Waals surface area contributed by atoms with Crippen molar-refractivity contribution in [2.45, 2.75) is 13.0 Å². The molecule has 0 amide bonds. The summed E-state index contributed by atoms with van der Waals surface area (Å²) in [5, 5.41) is 4.14. The van der Waals surface area contributed by atoms with Crippen molar-refractivity contribution in [3.05, 3.63) is 16.9 Å². The van der Waals surface area contributed by atoms with Crippen molar-refractivity contribution in [1.29, 1.82) is 0 Å². The van der Waals surface area contributed by atoms with E-state index >= 15 is 0 Å². The van der Waals surface area contributed by atoms with Gasteiger partial charge in [-0.15, -0.1) is 0 Å². The lowest BCUT2D eigenvalue weighted by atomic mass is 10.4. The van der Waals surface area contributed by atoms with Crippen LogP contribution in [-0.2, 0) is 16.0 Å². The van der Waals surface area contributed by atoms with E-state index in [1.807, 2.05) is 10.9 Å². The summed E-state index contributed by atoms with van der Waals surface area (Å²) in [4.78, 5) is 0. The molecule has 0 fully saturated rings. The smallest absolute Gasteiger partial charge is 0.0700 e. The average Bonchev–Trinajstić information content (AvgIpc) is 2.58. The molecule has 0 atom stereocenters. The second kappa shape index (κ2) is 6.98. The number of aromatic nitrogens is 2. The molecule has 14 heavy (non-hydrogen) atoms. The summed E-state index contributed by atoms with van der Waals surface area (Å²) in [6.07, 6.45) is 4.71. The van der Waals surface area contributed by atoms with Crippen molar-refractivity contribution >= 4 is 15.9 Å². The summed E-state index contributed by atoms with van der Waals surface area (Å²) in [7, 11) is 1.67. The molecular weight excluding hydrogens is 248 g/mol. The van der Waals surface area contributed by atoms with Crippen LogP contribution in [0.3, 0.4) is 0 Å². The number of hydrogen-bond acceptors (Lipinski definition) is 3. The third-order valence-electron chi connectivity index (χ3n) is 1.71. The van der Waals surface area contributed by atoms with E-state index in [9.17, 15) is 0 Å². The van der Waals surface area contributed by atoms with Gasteiger partial charge in [-0.1, -0.05) is 0 Å². The first kappa shape index (κ1) is 11.7. The lowest BCUT2D eigenvalue weighted by molar-refractivity contribution is 0.0677. The molecular formula is C9H15BrN2O2.